The molecule has 3 unspecified atom stereocenters. The SMILES string of the molecule is NC(CCO)C1(O)CN(C(=O)c2ccc(F)c(F)c2Nc2ccc(I)cc2F)C1OC(=O)C(F)(F)F. The second kappa shape index (κ2) is 10.4. The Morgan fingerprint density at radius 1 is 1.22 bits per heavy atom. The number of anilines is 2. The fourth-order valence-corrected chi connectivity index (χ4v) is 3.98. The summed E-state index contributed by atoms with van der Waals surface area (Å²) in [7, 11) is 0. The van der Waals surface area contributed by atoms with Crippen molar-refractivity contribution < 1.29 is 50.9 Å². The van der Waals surface area contributed by atoms with Gasteiger partial charge in [-0.2, -0.15) is 13.2 Å². The molecule has 3 rings (SSSR count). The molecule has 0 saturated carbocycles. The number of nitrogens with zero attached hydrogens (tertiary/aromatic N) is 1. The van der Waals surface area contributed by atoms with Crippen LogP contribution in [0.2, 0.25) is 0 Å². The van der Waals surface area contributed by atoms with E-state index >= 15 is 0 Å². The lowest BCUT2D eigenvalue weighted by molar-refractivity contribution is -0.266. The molecular weight excluding hydrogens is 615 g/mol. The number of nitrogens with one attached hydrogen (secondary N) is 1. The van der Waals surface area contributed by atoms with Gasteiger partial charge in [0.2, 0.25) is 6.23 Å². The predicted octanol–water partition coefficient (Wildman–Crippen LogP) is 2.78. The van der Waals surface area contributed by atoms with Crippen molar-refractivity contribution >= 4 is 45.8 Å². The Balaban J connectivity index is 2.00. The molecule has 1 fully saturated rings. The van der Waals surface area contributed by atoms with Crippen LogP contribution in [0.1, 0.15) is 16.8 Å². The zero-order chi connectivity index (χ0) is 27.0. The molecule has 0 aromatic heterocycles. The van der Waals surface area contributed by atoms with E-state index in [0.717, 1.165) is 12.1 Å². The van der Waals surface area contributed by atoms with Gasteiger partial charge < -0.3 is 26.0 Å². The number of benzene rings is 2. The summed E-state index contributed by atoms with van der Waals surface area (Å²) in [6, 6.07) is 3.57. The average molecular weight is 633 g/mol. The van der Waals surface area contributed by atoms with Gasteiger partial charge in [-0.15, -0.1) is 0 Å². The Labute approximate surface area is 213 Å². The number of ether oxygens (including phenoxy) is 1. The van der Waals surface area contributed by atoms with E-state index in [1.807, 2.05) is 0 Å². The smallest absolute Gasteiger partial charge is 0.431 e. The van der Waals surface area contributed by atoms with E-state index in [2.05, 4.69) is 10.1 Å². The molecule has 1 aliphatic rings. The Bertz CT molecular complexity index is 1180. The van der Waals surface area contributed by atoms with Crippen LogP contribution in [-0.4, -0.2) is 64.2 Å². The first-order chi connectivity index (χ1) is 16.7. The van der Waals surface area contributed by atoms with Crippen LogP contribution in [-0.2, 0) is 9.53 Å². The van der Waals surface area contributed by atoms with E-state index in [1.165, 1.54) is 12.1 Å². The highest BCUT2D eigenvalue weighted by Crippen LogP contribution is 2.38. The van der Waals surface area contributed by atoms with Gasteiger partial charge in [0.15, 0.2) is 17.2 Å². The summed E-state index contributed by atoms with van der Waals surface area (Å²) in [6.07, 6.45) is -8.11. The number of aliphatic hydroxyl groups excluding tert-OH is 1. The maximum absolute atomic E-state index is 14.7. The third kappa shape index (κ3) is 5.37. The summed E-state index contributed by atoms with van der Waals surface area (Å²) < 4.78 is 86.2. The van der Waals surface area contributed by atoms with E-state index in [-0.39, 0.29) is 12.1 Å². The first-order valence-corrected chi connectivity index (χ1v) is 11.2. The molecule has 0 bridgehead atoms. The summed E-state index contributed by atoms with van der Waals surface area (Å²) in [5.41, 5.74) is 1.46. The molecular formula is C21H18F6IN3O5. The lowest BCUT2D eigenvalue weighted by atomic mass is 9.81. The summed E-state index contributed by atoms with van der Waals surface area (Å²) in [6.45, 7) is -1.37. The number of hydrogen-bond acceptors (Lipinski definition) is 7. The quantitative estimate of drug-likeness (QED) is 0.210. The Morgan fingerprint density at radius 3 is 2.47 bits per heavy atom. The lowest BCUT2D eigenvalue weighted by Crippen LogP contribution is -2.78. The number of aliphatic hydroxyl groups is 2. The number of halogens is 7. The van der Waals surface area contributed by atoms with E-state index in [1.54, 1.807) is 22.6 Å². The Morgan fingerprint density at radius 2 is 1.89 bits per heavy atom. The van der Waals surface area contributed by atoms with Gasteiger partial charge in [-0.25, -0.2) is 18.0 Å². The largest absolute Gasteiger partial charge is 0.491 e. The first-order valence-electron chi connectivity index (χ1n) is 10.1. The number of rotatable bonds is 7. The van der Waals surface area contributed by atoms with Crippen LogP contribution >= 0.6 is 22.6 Å². The van der Waals surface area contributed by atoms with Gasteiger partial charge in [-0.05, 0) is 59.3 Å². The fraction of sp³-hybridized carbons (Fsp3) is 0.333. The number of hydrogen-bond donors (Lipinski definition) is 4. The van der Waals surface area contributed by atoms with Crippen molar-refractivity contribution in [3.63, 3.8) is 0 Å². The van der Waals surface area contributed by atoms with Crippen molar-refractivity contribution in [3.8, 4) is 0 Å². The second-order valence-corrected chi connectivity index (χ2v) is 9.08. The summed E-state index contributed by atoms with van der Waals surface area (Å²) in [5.74, 6) is -7.94. The molecule has 0 aliphatic carbocycles. The number of likely N-dealkylation sites (tertiary alicyclic amines) is 1. The van der Waals surface area contributed by atoms with E-state index < -0.39 is 77.8 Å². The van der Waals surface area contributed by atoms with Gasteiger partial charge in [0.1, 0.15) is 5.82 Å². The Hall–Kier alpha value is -2.63. The number of esters is 1. The summed E-state index contributed by atoms with van der Waals surface area (Å²) in [4.78, 5) is 25.1. The maximum Gasteiger partial charge on any atom is 0.491 e. The van der Waals surface area contributed by atoms with E-state index in [9.17, 15) is 41.0 Å². The van der Waals surface area contributed by atoms with Gasteiger partial charge in [0, 0.05) is 16.2 Å². The highest BCUT2D eigenvalue weighted by Gasteiger charge is 2.61. The molecule has 1 saturated heterocycles. The zero-order valence-electron chi connectivity index (χ0n) is 18.0. The molecule has 196 valence electrons. The summed E-state index contributed by atoms with van der Waals surface area (Å²) >= 11 is 1.80. The third-order valence-electron chi connectivity index (χ3n) is 5.44. The van der Waals surface area contributed by atoms with Crippen molar-refractivity contribution in [2.24, 2.45) is 5.73 Å². The predicted molar refractivity (Wildman–Crippen MR) is 120 cm³/mol. The number of nitrogens with two attached hydrogens (primary N) is 1. The van der Waals surface area contributed by atoms with Crippen molar-refractivity contribution in [1.82, 2.24) is 4.90 Å². The van der Waals surface area contributed by atoms with Crippen LogP contribution in [0.15, 0.2) is 30.3 Å². The van der Waals surface area contributed by atoms with Crippen molar-refractivity contribution in [1.29, 1.82) is 0 Å². The molecule has 1 heterocycles. The maximum atomic E-state index is 14.7. The van der Waals surface area contributed by atoms with Gasteiger partial charge >= 0.3 is 12.1 Å². The van der Waals surface area contributed by atoms with Crippen LogP contribution in [0.4, 0.5) is 37.7 Å². The van der Waals surface area contributed by atoms with Crippen molar-refractivity contribution in [3.05, 3.63) is 56.9 Å². The topological polar surface area (TPSA) is 125 Å². The minimum Gasteiger partial charge on any atom is -0.431 e. The normalized spacial score (nSPS) is 20.5. The average Bonchev–Trinajstić information content (AvgIpc) is 2.79. The number of β-amino-alcohol motifs (C(OH)–C–C–N with tert-alkyl or cyclic N) is 1. The minimum absolute atomic E-state index is 0.331. The van der Waals surface area contributed by atoms with Crippen LogP contribution in [0, 0.1) is 21.0 Å². The lowest BCUT2D eigenvalue weighted by Gasteiger charge is -2.54. The molecule has 3 atom stereocenters. The molecule has 0 radical (unpaired) electrons. The number of carbonyl (C=O) groups is 2. The van der Waals surface area contributed by atoms with E-state index in [4.69, 9.17) is 10.8 Å². The third-order valence-corrected chi connectivity index (χ3v) is 6.11. The highest BCUT2D eigenvalue weighted by atomic mass is 127. The van der Waals surface area contributed by atoms with Crippen LogP contribution < -0.4 is 11.1 Å². The molecule has 1 aliphatic heterocycles. The molecule has 1 amide bonds. The van der Waals surface area contributed by atoms with Gasteiger partial charge in [0.25, 0.3) is 5.91 Å². The monoisotopic (exact) mass is 633 g/mol. The first kappa shape index (κ1) is 27.9. The molecule has 8 nitrogen and oxygen atoms in total. The molecule has 36 heavy (non-hydrogen) atoms. The molecule has 5 N–H and O–H groups in total. The van der Waals surface area contributed by atoms with Gasteiger partial charge in [0.05, 0.1) is 23.5 Å². The fourth-order valence-electron chi connectivity index (χ4n) is 3.52. The van der Waals surface area contributed by atoms with Crippen molar-refractivity contribution in [2.45, 2.75) is 30.5 Å². The molecule has 15 heteroatoms. The van der Waals surface area contributed by atoms with Gasteiger partial charge in [-0.3, -0.25) is 9.69 Å². The minimum atomic E-state index is -5.50. The van der Waals surface area contributed by atoms with Crippen LogP contribution in [0.5, 0.6) is 0 Å². The standard InChI is InChI=1S/C21H18F6IN3O5/c22-11-3-2-10(16(15(11)24)30-13-4-1-9(28)7-12(13)23)17(33)31-8-20(35,14(29)5-6-32)18(31)36-19(34)21(25,26)27/h1-4,7,14,18,30,32,35H,5-6,8,29H2. The number of alkyl halides is 3. The number of amides is 1. The van der Waals surface area contributed by atoms with E-state index in [0.29, 0.717) is 14.5 Å². The summed E-state index contributed by atoms with van der Waals surface area (Å²) in [5, 5.41) is 22.1. The van der Waals surface area contributed by atoms with Gasteiger partial charge in [-0.1, -0.05) is 0 Å². The Kier molecular flexibility index (Phi) is 8.07. The number of carbonyl (C=O) groups excluding carboxylic acids is 2. The zero-order valence-corrected chi connectivity index (χ0v) is 20.1. The molecule has 0 spiro atoms. The van der Waals surface area contributed by atoms with Crippen LogP contribution in [0.3, 0.4) is 0 Å². The highest BCUT2D eigenvalue weighted by molar-refractivity contribution is 14.1. The second-order valence-electron chi connectivity index (χ2n) is 7.83. The molecule has 2 aromatic carbocycles. The van der Waals surface area contributed by atoms with Crippen LogP contribution in [0.25, 0.3) is 0 Å². The van der Waals surface area contributed by atoms with Crippen molar-refractivity contribution in [2.75, 3.05) is 18.5 Å². The molecule has 2 aromatic rings.